The molecule has 1 atom stereocenters. The number of para-hydroxylation sites is 1. The van der Waals surface area contributed by atoms with Crippen molar-refractivity contribution < 1.29 is 9.47 Å². The molecule has 1 aromatic carbocycles. The van der Waals surface area contributed by atoms with Crippen LogP contribution in [-0.4, -0.2) is 22.1 Å². The van der Waals surface area contributed by atoms with E-state index in [1.54, 1.807) is 25.7 Å². The van der Waals surface area contributed by atoms with Crippen LogP contribution in [-0.2, 0) is 4.74 Å². The summed E-state index contributed by atoms with van der Waals surface area (Å²) >= 11 is 0. The summed E-state index contributed by atoms with van der Waals surface area (Å²) in [6.45, 7) is 0. The van der Waals surface area contributed by atoms with Crippen LogP contribution in [0.3, 0.4) is 0 Å². The van der Waals surface area contributed by atoms with Gasteiger partial charge < -0.3 is 9.47 Å². The lowest BCUT2D eigenvalue weighted by Gasteiger charge is -2.26. The number of hydrogen-bond acceptors (Lipinski definition) is 5. The van der Waals surface area contributed by atoms with Crippen molar-refractivity contribution in [2.45, 2.75) is 6.29 Å². The molecule has 0 aliphatic carbocycles. The van der Waals surface area contributed by atoms with E-state index in [1.165, 1.54) is 0 Å². The van der Waals surface area contributed by atoms with Gasteiger partial charge in [-0.1, -0.05) is 12.1 Å². The van der Waals surface area contributed by atoms with Crippen LogP contribution >= 0.6 is 0 Å². The van der Waals surface area contributed by atoms with E-state index in [0.717, 1.165) is 28.1 Å². The lowest BCUT2D eigenvalue weighted by molar-refractivity contribution is -0.0583. The number of aromatic nitrogens is 3. The van der Waals surface area contributed by atoms with Crippen LogP contribution in [0.4, 0.5) is 0 Å². The molecule has 4 rings (SSSR count). The van der Waals surface area contributed by atoms with E-state index in [9.17, 15) is 0 Å². The molecule has 0 N–H and O–H groups in total. The van der Waals surface area contributed by atoms with Gasteiger partial charge in [0.1, 0.15) is 5.75 Å². The molecule has 3 aromatic rings. The average Bonchev–Trinajstić information content (AvgIpc) is 2.61. The third kappa shape index (κ3) is 2.03. The molecule has 0 amide bonds. The lowest BCUT2D eigenvalue weighted by atomic mass is 10.0. The molecule has 0 radical (unpaired) electrons. The van der Waals surface area contributed by atoms with Crippen molar-refractivity contribution in [1.82, 2.24) is 15.0 Å². The van der Waals surface area contributed by atoms with Crippen molar-refractivity contribution in [3.63, 3.8) is 0 Å². The Morgan fingerprint density at radius 1 is 1.09 bits per heavy atom. The molecular formula is C17H13N3O2. The second kappa shape index (κ2) is 5.20. The van der Waals surface area contributed by atoms with Gasteiger partial charge in [0.15, 0.2) is 5.82 Å². The number of methoxy groups -OCH3 is 1. The lowest BCUT2D eigenvalue weighted by Crippen LogP contribution is -2.17. The van der Waals surface area contributed by atoms with Crippen LogP contribution in [0.1, 0.15) is 11.9 Å². The Bertz CT molecular complexity index is 821. The van der Waals surface area contributed by atoms with Crippen LogP contribution in [0.25, 0.3) is 22.6 Å². The molecule has 0 bridgehead atoms. The summed E-state index contributed by atoms with van der Waals surface area (Å²) in [5.74, 6) is 1.40. The van der Waals surface area contributed by atoms with E-state index >= 15 is 0 Å². The maximum Gasteiger partial charge on any atom is 0.230 e. The van der Waals surface area contributed by atoms with Gasteiger partial charge in [0.05, 0.1) is 11.3 Å². The Labute approximate surface area is 127 Å². The summed E-state index contributed by atoms with van der Waals surface area (Å²) in [5.41, 5.74) is 3.48. The van der Waals surface area contributed by atoms with Gasteiger partial charge in [-0.15, -0.1) is 0 Å². The van der Waals surface area contributed by atoms with E-state index in [0.29, 0.717) is 5.82 Å². The van der Waals surface area contributed by atoms with E-state index in [-0.39, 0.29) is 0 Å². The molecule has 5 heteroatoms. The number of benzene rings is 1. The fourth-order valence-electron chi connectivity index (χ4n) is 2.53. The van der Waals surface area contributed by atoms with Gasteiger partial charge >= 0.3 is 0 Å². The van der Waals surface area contributed by atoms with Crippen molar-refractivity contribution in [2.24, 2.45) is 0 Å². The minimum atomic E-state index is -0.493. The highest BCUT2D eigenvalue weighted by Crippen LogP contribution is 2.41. The Kier molecular flexibility index (Phi) is 3.05. The zero-order chi connectivity index (χ0) is 14.9. The summed E-state index contributed by atoms with van der Waals surface area (Å²) in [4.78, 5) is 13.3. The average molecular weight is 291 g/mol. The minimum absolute atomic E-state index is 0.493. The highest BCUT2D eigenvalue weighted by Gasteiger charge is 2.27. The van der Waals surface area contributed by atoms with Gasteiger partial charge in [-0.2, -0.15) is 0 Å². The number of hydrogen-bond donors (Lipinski definition) is 0. The quantitative estimate of drug-likeness (QED) is 0.725. The molecule has 108 valence electrons. The minimum Gasteiger partial charge on any atom is -0.460 e. The summed E-state index contributed by atoms with van der Waals surface area (Å²) in [5, 5.41) is 0. The third-order valence-electron chi connectivity index (χ3n) is 3.58. The second-order valence-corrected chi connectivity index (χ2v) is 4.92. The molecule has 1 aliphatic heterocycles. The fourth-order valence-corrected chi connectivity index (χ4v) is 2.53. The van der Waals surface area contributed by atoms with Crippen LogP contribution in [0.15, 0.2) is 55.0 Å². The molecule has 22 heavy (non-hydrogen) atoms. The van der Waals surface area contributed by atoms with Gasteiger partial charge in [0.2, 0.25) is 6.29 Å². The molecule has 0 saturated heterocycles. The topological polar surface area (TPSA) is 57.1 Å². The number of nitrogens with zero attached hydrogens (tertiary/aromatic N) is 3. The van der Waals surface area contributed by atoms with Crippen molar-refractivity contribution in [3.05, 3.63) is 60.6 Å². The van der Waals surface area contributed by atoms with Gasteiger partial charge in [-0.25, -0.2) is 9.97 Å². The first-order valence-electron chi connectivity index (χ1n) is 6.93. The Morgan fingerprint density at radius 3 is 2.82 bits per heavy atom. The van der Waals surface area contributed by atoms with Crippen LogP contribution < -0.4 is 4.74 Å². The molecule has 0 spiro atoms. The van der Waals surface area contributed by atoms with Crippen molar-refractivity contribution in [1.29, 1.82) is 0 Å². The monoisotopic (exact) mass is 291 g/mol. The smallest absolute Gasteiger partial charge is 0.230 e. The van der Waals surface area contributed by atoms with Crippen LogP contribution in [0, 0.1) is 0 Å². The van der Waals surface area contributed by atoms with Crippen molar-refractivity contribution in [2.75, 3.05) is 7.11 Å². The van der Waals surface area contributed by atoms with Gasteiger partial charge in [-0.3, -0.25) is 4.98 Å². The van der Waals surface area contributed by atoms with Gasteiger partial charge in [0.25, 0.3) is 0 Å². The maximum absolute atomic E-state index is 5.84. The zero-order valence-electron chi connectivity index (χ0n) is 11.9. The normalized spacial score (nSPS) is 15.6. The van der Waals surface area contributed by atoms with Crippen LogP contribution in [0.2, 0.25) is 0 Å². The van der Waals surface area contributed by atoms with E-state index in [2.05, 4.69) is 9.97 Å². The standard InChI is InChI=1S/C17H13N3O2/c1-21-17-13-10-19-16(11-5-4-8-18-9-11)20-15(13)12-6-2-3-7-14(12)22-17/h2-10,17H,1H3. The summed E-state index contributed by atoms with van der Waals surface area (Å²) in [6, 6.07) is 11.6. The number of ether oxygens (including phenoxy) is 2. The first-order chi connectivity index (χ1) is 10.9. The van der Waals surface area contributed by atoms with Gasteiger partial charge in [-0.05, 0) is 24.3 Å². The Hall–Kier alpha value is -2.79. The maximum atomic E-state index is 5.84. The molecule has 1 aliphatic rings. The number of pyridine rings is 1. The van der Waals surface area contributed by atoms with E-state index < -0.39 is 6.29 Å². The molecule has 0 fully saturated rings. The summed E-state index contributed by atoms with van der Waals surface area (Å²) in [6.07, 6.45) is 4.74. The predicted molar refractivity (Wildman–Crippen MR) is 81.1 cm³/mol. The van der Waals surface area contributed by atoms with Crippen molar-refractivity contribution in [3.8, 4) is 28.4 Å². The Morgan fingerprint density at radius 2 is 2.00 bits per heavy atom. The SMILES string of the molecule is COC1Oc2ccccc2-c2nc(-c3cccnc3)ncc21. The molecular weight excluding hydrogens is 278 g/mol. The fraction of sp³-hybridized carbons (Fsp3) is 0.118. The predicted octanol–water partition coefficient (Wildman–Crippen LogP) is 3.24. The first kappa shape index (κ1) is 12.9. The second-order valence-electron chi connectivity index (χ2n) is 4.92. The molecule has 0 saturated carbocycles. The third-order valence-corrected chi connectivity index (χ3v) is 3.58. The molecule has 2 aromatic heterocycles. The Balaban J connectivity index is 1.91. The van der Waals surface area contributed by atoms with Gasteiger partial charge in [0, 0.05) is 36.8 Å². The zero-order valence-corrected chi connectivity index (χ0v) is 11.9. The largest absolute Gasteiger partial charge is 0.460 e. The number of fused-ring (bicyclic) bond motifs is 3. The highest BCUT2D eigenvalue weighted by molar-refractivity contribution is 5.73. The molecule has 1 unspecified atom stereocenters. The molecule has 5 nitrogen and oxygen atoms in total. The molecule has 3 heterocycles. The van der Waals surface area contributed by atoms with E-state index in [1.807, 2.05) is 36.4 Å². The van der Waals surface area contributed by atoms with Crippen LogP contribution in [0.5, 0.6) is 5.75 Å². The number of rotatable bonds is 2. The van der Waals surface area contributed by atoms with Crippen molar-refractivity contribution >= 4 is 0 Å². The van der Waals surface area contributed by atoms with E-state index in [4.69, 9.17) is 14.5 Å². The summed E-state index contributed by atoms with van der Waals surface area (Å²) in [7, 11) is 1.61. The first-order valence-corrected chi connectivity index (χ1v) is 6.93. The summed E-state index contributed by atoms with van der Waals surface area (Å²) < 4.78 is 11.2. The highest BCUT2D eigenvalue weighted by atomic mass is 16.7.